The van der Waals surface area contributed by atoms with Crippen molar-refractivity contribution in [3.8, 4) is 0 Å². The van der Waals surface area contributed by atoms with E-state index in [-0.39, 0.29) is 6.04 Å². The molecule has 0 aliphatic rings. The fraction of sp³-hybridized carbons (Fsp3) is 0.455. The number of hydrogen-bond donors (Lipinski definition) is 0. The Balaban J connectivity index is 3.08. The van der Waals surface area contributed by atoms with Crippen molar-refractivity contribution >= 4 is 37.7 Å². The van der Waals surface area contributed by atoms with E-state index < -0.39 is 10.0 Å². The van der Waals surface area contributed by atoms with Gasteiger partial charge in [0, 0.05) is 23.3 Å². The van der Waals surface area contributed by atoms with Crippen LogP contribution in [0.5, 0.6) is 0 Å². The van der Waals surface area contributed by atoms with Gasteiger partial charge in [-0.25, -0.2) is 8.42 Å². The Hall–Kier alpha value is -0.0400. The Morgan fingerprint density at radius 2 is 2.00 bits per heavy atom. The van der Waals surface area contributed by atoms with Crippen molar-refractivity contribution in [2.75, 3.05) is 19.1 Å². The summed E-state index contributed by atoms with van der Waals surface area (Å²) in [6, 6.07) is 6.85. The fourth-order valence-electron chi connectivity index (χ4n) is 1.39. The fourth-order valence-corrected chi connectivity index (χ4v) is 4.51. The molecule has 1 unspecified atom stereocenters. The molecule has 0 fully saturated rings. The minimum absolute atomic E-state index is 0.0258. The zero-order chi connectivity index (χ0) is 13.1. The van der Waals surface area contributed by atoms with Crippen LogP contribution in [-0.2, 0) is 10.0 Å². The molecule has 0 saturated heterocycles. The highest BCUT2D eigenvalue weighted by Crippen LogP contribution is 2.25. The molecule has 1 aromatic rings. The zero-order valence-electron chi connectivity index (χ0n) is 10.1. The number of benzene rings is 1. The molecule has 96 valence electrons. The van der Waals surface area contributed by atoms with Crippen molar-refractivity contribution in [2.24, 2.45) is 0 Å². The molecule has 1 atom stereocenters. The summed E-state index contributed by atoms with van der Waals surface area (Å²) in [4.78, 5) is 0.315. The lowest BCUT2D eigenvalue weighted by Gasteiger charge is -2.24. The van der Waals surface area contributed by atoms with Crippen molar-refractivity contribution in [1.82, 2.24) is 4.31 Å². The maximum Gasteiger partial charge on any atom is 0.244 e. The summed E-state index contributed by atoms with van der Waals surface area (Å²) < 4.78 is 26.7. The van der Waals surface area contributed by atoms with E-state index >= 15 is 0 Å². The Bertz CT molecular complexity index is 476. The van der Waals surface area contributed by atoms with Gasteiger partial charge in [0.25, 0.3) is 0 Å². The van der Waals surface area contributed by atoms with E-state index in [1.54, 1.807) is 43.1 Å². The molecule has 0 aromatic heterocycles. The van der Waals surface area contributed by atoms with Crippen LogP contribution in [0.15, 0.2) is 33.6 Å². The maximum atomic E-state index is 12.4. The summed E-state index contributed by atoms with van der Waals surface area (Å²) in [6.45, 7) is 1.91. The van der Waals surface area contributed by atoms with Crippen LogP contribution in [0.2, 0.25) is 0 Å². The van der Waals surface area contributed by atoms with Crippen molar-refractivity contribution in [3.63, 3.8) is 0 Å². The van der Waals surface area contributed by atoms with Gasteiger partial charge in [0.2, 0.25) is 10.0 Å². The molecular formula is C11H16BrNO2S2. The molecule has 17 heavy (non-hydrogen) atoms. The van der Waals surface area contributed by atoms with Crippen LogP contribution in [-0.4, -0.2) is 37.8 Å². The standard InChI is InChI=1S/C11H16BrNO2S2/c1-9(8-16-3)13(2)17(14,15)11-7-5-4-6-10(11)12/h4-7,9H,8H2,1-3H3. The molecule has 0 saturated carbocycles. The summed E-state index contributed by atoms with van der Waals surface area (Å²) in [5.41, 5.74) is 0. The molecule has 0 amide bonds. The zero-order valence-corrected chi connectivity index (χ0v) is 13.3. The number of nitrogens with zero attached hydrogens (tertiary/aromatic N) is 1. The first kappa shape index (κ1) is 15.0. The first-order valence-electron chi connectivity index (χ1n) is 5.12. The first-order chi connectivity index (χ1) is 7.91. The minimum atomic E-state index is -3.42. The van der Waals surface area contributed by atoms with Gasteiger partial charge >= 0.3 is 0 Å². The van der Waals surface area contributed by atoms with E-state index in [0.717, 1.165) is 5.75 Å². The highest BCUT2D eigenvalue weighted by molar-refractivity contribution is 9.10. The third-order valence-electron chi connectivity index (χ3n) is 2.52. The van der Waals surface area contributed by atoms with Gasteiger partial charge in [-0.15, -0.1) is 0 Å². The van der Waals surface area contributed by atoms with E-state index in [9.17, 15) is 8.42 Å². The summed E-state index contributed by atoms with van der Waals surface area (Å²) in [7, 11) is -1.80. The summed E-state index contributed by atoms with van der Waals surface area (Å²) in [5, 5.41) is 0. The van der Waals surface area contributed by atoms with Crippen molar-refractivity contribution in [1.29, 1.82) is 0 Å². The predicted octanol–water partition coefficient (Wildman–Crippen LogP) is 2.82. The van der Waals surface area contributed by atoms with Crippen LogP contribution < -0.4 is 0 Å². The van der Waals surface area contributed by atoms with Crippen LogP contribution in [0.25, 0.3) is 0 Å². The van der Waals surface area contributed by atoms with Gasteiger partial charge in [-0.1, -0.05) is 12.1 Å². The smallest absolute Gasteiger partial charge is 0.207 e. The molecule has 0 N–H and O–H groups in total. The topological polar surface area (TPSA) is 37.4 Å². The molecule has 0 heterocycles. The van der Waals surface area contributed by atoms with E-state index in [0.29, 0.717) is 9.37 Å². The average Bonchev–Trinajstić information content (AvgIpc) is 2.28. The number of sulfonamides is 1. The quantitative estimate of drug-likeness (QED) is 0.829. The van der Waals surface area contributed by atoms with Gasteiger partial charge in [-0.2, -0.15) is 16.1 Å². The highest BCUT2D eigenvalue weighted by atomic mass is 79.9. The molecule has 1 aromatic carbocycles. The Labute approximate surface area is 116 Å². The Morgan fingerprint density at radius 1 is 1.41 bits per heavy atom. The summed E-state index contributed by atoms with van der Waals surface area (Å²) in [5.74, 6) is 0.778. The van der Waals surface area contributed by atoms with Crippen molar-refractivity contribution < 1.29 is 8.42 Å². The van der Waals surface area contributed by atoms with E-state index in [1.807, 2.05) is 13.2 Å². The first-order valence-corrected chi connectivity index (χ1v) is 8.75. The normalized spacial score (nSPS) is 13.9. The maximum absolute atomic E-state index is 12.4. The molecule has 1 rings (SSSR count). The molecule has 0 radical (unpaired) electrons. The van der Waals surface area contributed by atoms with E-state index in [2.05, 4.69) is 15.9 Å². The Morgan fingerprint density at radius 3 is 2.53 bits per heavy atom. The third-order valence-corrected chi connectivity index (χ3v) is 6.32. The molecule has 0 aliphatic carbocycles. The van der Waals surface area contributed by atoms with Gasteiger partial charge in [0.15, 0.2) is 0 Å². The second-order valence-corrected chi connectivity index (χ2v) is 7.49. The highest BCUT2D eigenvalue weighted by Gasteiger charge is 2.26. The van der Waals surface area contributed by atoms with Gasteiger partial charge in [-0.05, 0) is 41.2 Å². The molecular weight excluding hydrogens is 322 g/mol. The van der Waals surface area contributed by atoms with Gasteiger partial charge in [-0.3, -0.25) is 0 Å². The lowest BCUT2D eigenvalue weighted by Crippen LogP contribution is -2.36. The van der Waals surface area contributed by atoms with Crippen LogP contribution in [0.4, 0.5) is 0 Å². The van der Waals surface area contributed by atoms with Crippen LogP contribution >= 0.6 is 27.7 Å². The third kappa shape index (κ3) is 3.47. The lowest BCUT2D eigenvalue weighted by atomic mass is 10.4. The second kappa shape index (κ2) is 6.22. The molecule has 0 bridgehead atoms. The second-order valence-electron chi connectivity index (χ2n) is 3.76. The summed E-state index contributed by atoms with van der Waals surface area (Å²) in [6.07, 6.45) is 1.97. The van der Waals surface area contributed by atoms with Gasteiger partial charge < -0.3 is 0 Å². The average molecular weight is 338 g/mol. The van der Waals surface area contributed by atoms with Crippen LogP contribution in [0.1, 0.15) is 6.92 Å². The Kier molecular flexibility index (Phi) is 5.50. The number of halogens is 1. The predicted molar refractivity (Wildman–Crippen MR) is 76.9 cm³/mol. The molecule has 0 aliphatic heterocycles. The van der Waals surface area contributed by atoms with Crippen LogP contribution in [0, 0.1) is 0 Å². The molecule has 3 nitrogen and oxygen atoms in total. The monoisotopic (exact) mass is 337 g/mol. The van der Waals surface area contributed by atoms with Crippen molar-refractivity contribution in [3.05, 3.63) is 28.7 Å². The SMILES string of the molecule is CSCC(C)N(C)S(=O)(=O)c1ccccc1Br. The summed E-state index contributed by atoms with van der Waals surface area (Å²) >= 11 is 4.91. The number of thioether (sulfide) groups is 1. The van der Waals surface area contributed by atoms with Crippen LogP contribution in [0.3, 0.4) is 0 Å². The number of hydrogen-bond acceptors (Lipinski definition) is 3. The van der Waals surface area contributed by atoms with E-state index in [4.69, 9.17) is 0 Å². The molecule has 6 heteroatoms. The molecule has 0 spiro atoms. The van der Waals surface area contributed by atoms with Gasteiger partial charge in [0.1, 0.15) is 0 Å². The largest absolute Gasteiger partial charge is 0.244 e. The lowest BCUT2D eigenvalue weighted by molar-refractivity contribution is 0.415. The minimum Gasteiger partial charge on any atom is -0.207 e. The van der Waals surface area contributed by atoms with Gasteiger partial charge in [0.05, 0.1) is 4.90 Å². The van der Waals surface area contributed by atoms with Crippen molar-refractivity contribution in [2.45, 2.75) is 17.9 Å². The van der Waals surface area contributed by atoms with E-state index in [1.165, 1.54) is 4.31 Å². The number of rotatable bonds is 5.